The van der Waals surface area contributed by atoms with Gasteiger partial charge >= 0.3 is 0 Å². The van der Waals surface area contributed by atoms with Crippen LogP contribution in [0, 0.1) is 12.7 Å². The highest BCUT2D eigenvalue weighted by atomic mass is 19.1. The third kappa shape index (κ3) is 4.11. The van der Waals surface area contributed by atoms with Crippen LogP contribution in [0.4, 0.5) is 4.39 Å². The lowest BCUT2D eigenvalue weighted by Crippen LogP contribution is -2.26. The maximum atomic E-state index is 14.8. The second-order valence-electron chi connectivity index (χ2n) is 8.51. The van der Waals surface area contributed by atoms with E-state index < -0.39 is 11.7 Å². The number of fused-ring (bicyclic) bond motifs is 1. The van der Waals surface area contributed by atoms with E-state index in [4.69, 9.17) is 0 Å². The van der Waals surface area contributed by atoms with Crippen molar-refractivity contribution in [2.24, 2.45) is 0 Å². The second-order valence-corrected chi connectivity index (χ2v) is 8.51. The van der Waals surface area contributed by atoms with Crippen LogP contribution in [-0.4, -0.2) is 55.7 Å². The number of imidazole rings is 1. The molecule has 1 aromatic carbocycles. The van der Waals surface area contributed by atoms with Gasteiger partial charge in [0.05, 0.1) is 11.4 Å². The lowest BCUT2D eigenvalue weighted by Gasteiger charge is -2.12. The Bertz CT molecular complexity index is 1530. The Morgan fingerprint density at radius 2 is 2.06 bits per heavy atom. The minimum absolute atomic E-state index is 0.105. The predicted molar refractivity (Wildman–Crippen MR) is 119 cm³/mol. The highest BCUT2D eigenvalue weighted by Gasteiger charge is 2.24. The van der Waals surface area contributed by atoms with Crippen molar-refractivity contribution in [3.05, 3.63) is 77.0 Å². The number of pyridine rings is 1. The number of aromatic nitrogens is 10. The number of hydrogen-bond donors (Lipinski definition) is 1. The van der Waals surface area contributed by atoms with Crippen molar-refractivity contribution in [3.63, 3.8) is 0 Å². The fourth-order valence-corrected chi connectivity index (χ4v) is 3.97. The number of aryl methyl sites for hydroxylation is 1. The monoisotopic (exact) mass is 473 g/mol. The number of hydrogen-bond acceptors (Lipinski definition) is 8. The second kappa shape index (κ2) is 8.34. The van der Waals surface area contributed by atoms with Gasteiger partial charge in [0, 0.05) is 24.5 Å². The molecule has 1 fully saturated rings. The van der Waals surface area contributed by atoms with E-state index in [-0.39, 0.29) is 24.5 Å². The molecular formula is C22H20FN11O. The van der Waals surface area contributed by atoms with Crippen molar-refractivity contribution in [1.82, 2.24) is 55.1 Å². The van der Waals surface area contributed by atoms with Crippen molar-refractivity contribution in [1.29, 1.82) is 0 Å². The molecule has 1 saturated carbocycles. The smallest absolute Gasteiger partial charge is 0.293 e. The van der Waals surface area contributed by atoms with Crippen molar-refractivity contribution in [2.45, 2.75) is 38.8 Å². The molecule has 0 aliphatic heterocycles. The molecule has 4 heterocycles. The summed E-state index contributed by atoms with van der Waals surface area (Å²) in [4.78, 5) is 18.5. The Morgan fingerprint density at radius 1 is 1.17 bits per heavy atom. The van der Waals surface area contributed by atoms with Crippen LogP contribution in [-0.2, 0) is 13.1 Å². The molecule has 35 heavy (non-hydrogen) atoms. The summed E-state index contributed by atoms with van der Waals surface area (Å²) in [6.45, 7) is 1.80. The summed E-state index contributed by atoms with van der Waals surface area (Å²) in [5.41, 5.74) is 4.00. The number of rotatable bonds is 7. The molecule has 176 valence electrons. The first-order valence-corrected chi connectivity index (χ1v) is 11.1. The van der Waals surface area contributed by atoms with Crippen LogP contribution in [0.15, 0.2) is 43.0 Å². The molecule has 6 rings (SSSR count). The number of tetrazole rings is 2. The summed E-state index contributed by atoms with van der Waals surface area (Å²) in [5, 5.41) is 25.6. The van der Waals surface area contributed by atoms with Gasteiger partial charge in [-0.3, -0.25) is 4.79 Å². The summed E-state index contributed by atoms with van der Waals surface area (Å²) in [5.74, 6) is -0.502. The van der Waals surface area contributed by atoms with E-state index in [2.05, 4.69) is 53.5 Å². The van der Waals surface area contributed by atoms with Gasteiger partial charge in [-0.2, -0.15) is 4.80 Å². The predicted octanol–water partition coefficient (Wildman–Crippen LogP) is 1.60. The molecule has 12 nitrogen and oxygen atoms in total. The summed E-state index contributed by atoms with van der Waals surface area (Å²) in [7, 11) is 0. The van der Waals surface area contributed by atoms with Crippen LogP contribution in [0.25, 0.3) is 11.3 Å². The molecule has 0 saturated heterocycles. The summed E-state index contributed by atoms with van der Waals surface area (Å²) in [6, 6.07) is 7.42. The molecule has 0 atom stereocenters. The first-order valence-electron chi connectivity index (χ1n) is 11.1. The van der Waals surface area contributed by atoms with Crippen LogP contribution in [0.3, 0.4) is 0 Å². The minimum Gasteiger partial charge on any atom is -0.345 e. The molecular weight excluding hydrogens is 453 g/mol. The van der Waals surface area contributed by atoms with E-state index in [1.165, 1.54) is 34.2 Å². The topological polar surface area (TPSA) is 134 Å². The molecule has 0 radical (unpaired) electrons. The maximum Gasteiger partial charge on any atom is 0.293 e. The van der Waals surface area contributed by atoms with Gasteiger partial charge < -0.3 is 9.72 Å². The van der Waals surface area contributed by atoms with Gasteiger partial charge in [0.25, 0.3) is 11.7 Å². The SMILES string of the molecule is Cc1ccc(-n2cnnn2)c(CNC(=O)c2nnn(Cc3cn4cc(C5CC5)ccc4n3)n2)c1F. The third-order valence-electron chi connectivity index (χ3n) is 5.97. The van der Waals surface area contributed by atoms with Gasteiger partial charge in [0.2, 0.25) is 0 Å². The maximum absolute atomic E-state index is 14.8. The fraction of sp³-hybridized carbons (Fsp3) is 0.273. The normalized spacial score (nSPS) is 13.4. The Morgan fingerprint density at radius 3 is 2.86 bits per heavy atom. The van der Waals surface area contributed by atoms with E-state index in [0.717, 1.165) is 11.3 Å². The van der Waals surface area contributed by atoms with E-state index in [0.29, 0.717) is 17.2 Å². The molecule has 1 aliphatic rings. The Balaban J connectivity index is 1.15. The number of halogens is 1. The Labute approximate surface area is 197 Å². The van der Waals surface area contributed by atoms with Gasteiger partial charge in [-0.25, -0.2) is 14.1 Å². The number of carbonyl (C=O) groups excluding carboxylic acids is 1. The lowest BCUT2D eigenvalue weighted by molar-refractivity contribution is 0.0939. The minimum atomic E-state index is -0.580. The zero-order valence-electron chi connectivity index (χ0n) is 18.7. The number of nitrogens with one attached hydrogen (secondary N) is 1. The summed E-state index contributed by atoms with van der Waals surface area (Å²) >= 11 is 0. The summed E-state index contributed by atoms with van der Waals surface area (Å²) in [6.07, 6.45) is 7.84. The van der Waals surface area contributed by atoms with E-state index >= 15 is 0 Å². The van der Waals surface area contributed by atoms with Crippen LogP contribution < -0.4 is 5.32 Å². The Hall–Kier alpha value is -4.55. The van der Waals surface area contributed by atoms with E-state index in [1.807, 2.05) is 16.7 Å². The standard InChI is InChI=1S/C22H20FN11O/c1-13-2-6-18(33-12-25-29-31-33)17(20(13)23)8-24-22(35)21-27-30-34(28-21)11-16-10-32-9-15(14-3-4-14)5-7-19(32)26-16/h2,5-7,9-10,12,14H,3-4,8,11H2,1H3,(H,24,35). The largest absolute Gasteiger partial charge is 0.345 e. The third-order valence-corrected chi connectivity index (χ3v) is 5.97. The van der Waals surface area contributed by atoms with Crippen molar-refractivity contribution in [2.75, 3.05) is 0 Å². The van der Waals surface area contributed by atoms with Gasteiger partial charge in [-0.05, 0) is 64.6 Å². The van der Waals surface area contributed by atoms with E-state index in [1.54, 1.807) is 19.1 Å². The number of benzene rings is 1. The van der Waals surface area contributed by atoms with Crippen LogP contribution in [0.5, 0.6) is 0 Å². The first-order chi connectivity index (χ1) is 17.0. The molecule has 1 amide bonds. The van der Waals surface area contributed by atoms with Gasteiger partial charge in [0.15, 0.2) is 0 Å². The average Bonchev–Trinajstić information content (AvgIpc) is 3.23. The zero-order valence-corrected chi connectivity index (χ0v) is 18.7. The number of nitrogens with zero attached hydrogens (tertiary/aromatic N) is 10. The molecule has 0 bridgehead atoms. The fourth-order valence-electron chi connectivity index (χ4n) is 3.97. The van der Waals surface area contributed by atoms with Crippen molar-refractivity contribution >= 4 is 11.6 Å². The molecule has 1 aliphatic carbocycles. The highest BCUT2D eigenvalue weighted by molar-refractivity contribution is 5.90. The van der Waals surface area contributed by atoms with Gasteiger partial charge in [0.1, 0.15) is 24.3 Å². The molecule has 13 heteroatoms. The first kappa shape index (κ1) is 21.0. The number of amides is 1. The van der Waals surface area contributed by atoms with Crippen LogP contribution >= 0.6 is 0 Å². The van der Waals surface area contributed by atoms with Crippen molar-refractivity contribution in [3.8, 4) is 5.69 Å². The molecule has 0 spiro atoms. The van der Waals surface area contributed by atoms with Crippen LogP contribution in [0.2, 0.25) is 0 Å². The van der Waals surface area contributed by atoms with Gasteiger partial charge in [-0.1, -0.05) is 12.1 Å². The summed E-state index contributed by atoms with van der Waals surface area (Å²) < 4.78 is 18.2. The van der Waals surface area contributed by atoms with Gasteiger partial charge in [-0.15, -0.1) is 15.3 Å². The van der Waals surface area contributed by atoms with Crippen LogP contribution in [0.1, 0.15) is 51.8 Å². The van der Waals surface area contributed by atoms with E-state index in [9.17, 15) is 9.18 Å². The zero-order chi connectivity index (χ0) is 23.9. The van der Waals surface area contributed by atoms with Crippen molar-refractivity contribution < 1.29 is 9.18 Å². The highest BCUT2D eigenvalue weighted by Crippen LogP contribution is 2.39. The average molecular weight is 473 g/mol. The molecule has 4 aromatic heterocycles. The Kier molecular flexibility index (Phi) is 5.01. The number of carbonyl (C=O) groups is 1. The quantitative estimate of drug-likeness (QED) is 0.377. The lowest BCUT2D eigenvalue weighted by atomic mass is 10.1. The molecule has 1 N–H and O–H groups in total. The molecule has 0 unspecified atom stereocenters. The molecule has 5 aromatic rings.